The summed E-state index contributed by atoms with van der Waals surface area (Å²) in [5.74, 6) is 0.520. The Morgan fingerprint density at radius 1 is 1.15 bits per heavy atom. The van der Waals surface area contributed by atoms with Gasteiger partial charge in [0.2, 0.25) is 10.0 Å². The Labute approximate surface area is 124 Å². The monoisotopic (exact) mass is 313 g/mol. The van der Waals surface area contributed by atoms with Crippen molar-refractivity contribution in [2.24, 2.45) is 0 Å². The van der Waals surface area contributed by atoms with Gasteiger partial charge < -0.3 is 4.42 Å². The maximum atomic E-state index is 12.4. The number of sulfonamides is 1. The lowest BCUT2D eigenvalue weighted by Gasteiger charge is -2.16. The van der Waals surface area contributed by atoms with Gasteiger partial charge >= 0.3 is 0 Å². The van der Waals surface area contributed by atoms with Crippen LogP contribution in [0, 0.1) is 0 Å². The van der Waals surface area contributed by atoms with Gasteiger partial charge in [-0.05, 0) is 30.2 Å². The van der Waals surface area contributed by atoms with Gasteiger partial charge in [-0.3, -0.25) is 0 Å². The third kappa shape index (κ3) is 3.42. The quantitative estimate of drug-likeness (QED) is 0.771. The van der Waals surface area contributed by atoms with E-state index in [0.717, 1.165) is 17.5 Å². The normalized spacial score (nSPS) is 11.9. The van der Waals surface area contributed by atoms with Crippen LogP contribution in [0.1, 0.15) is 11.1 Å². The molecule has 0 amide bonds. The van der Waals surface area contributed by atoms with Gasteiger partial charge in [-0.25, -0.2) is 8.42 Å². The van der Waals surface area contributed by atoms with Gasteiger partial charge in [-0.2, -0.15) is 4.31 Å². The van der Waals surface area contributed by atoms with Crippen LogP contribution >= 0.6 is 11.6 Å². The summed E-state index contributed by atoms with van der Waals surface area (Å²) in [5.41, 5.74) is 1.84. The molecule has 0 fully saturated rings. The number of aryl methyl sites for hydroxylation is 1. The molecule has 0 spiro atoms. The van der Waals surface area contributed by atoms with E-state index < -0.39 is 10.0 Å². The number of benzene rings is 1. The predicted molar refractivity (Wildman–Crippen MR) is 78.2 cm³/mol. The molecule has 6 heteroatoms. The molecule has 20 heavy (non-hydrogen) atoms. The van der Waals surface area contributed by atoms with Gasteiger partial charge in [0, 0.05) is 25.0 Å². The van der Waals surface area contributed by atoms with E-state index in [9.17, 15) is 8.42 Å². The second-order valence-electron chi connectivity index (χ2n) is 4.48. The average molecular weight is 314 g/mol. The lowest BCUT2D eigenvalue weighted by molar-refractivity contribution is 0.463. The van der Waals surface area contributed by atoms with E-state index in [1.54, 1.807) is 37.4 Å². The van der Waals surface area contributed by atoms with Crippen LogP contribution in [-0.4, -0.2) is 25.7 Å². The molecule has 0 atom stereocenters. The minimum absolute atomic E-state index is 0.279. The fraction of sp³-hybridized carbons (Fsp3) is 0.286. The van der Waals surface area contributed by atoms with Gasteiger partial charge in [0.15, 0.2) is 0 Å². The second kappa shape index (κ2) is 6.43. The third-order valence-corrected chi connectivity index (χ3v) is 5.01. The van der Waals surface area contributed by atoms with Crippen LogP contribution in [0.25, 0.3) is 0 Å². The summed E-state index contributed by atoms with van der Waals surface area (Å²) < 4.78 is 31.0. The molecule has 0 unspecified atom stereocenters. The van der Waals surface area contributed by atoms with Crippen molar-refractivity contribution in [1.82, 2.24) is 4.31 Å². The maximum Gasteiger partial charge on any atom is 0.243 e. The zero-order valence-corrected chi connectivity index (χ0v) is 12.7. The van der Waals surface area contributed by atoms with Crippen molar-refractivity contribution >= 4 is 21.6 Å². The van der Waals surface area contributed by atoms with Crippen LogP contribution in [-0.2, 0) is 23.0 Å². The summed E-state index contributed by atoms with van der Waals surface area (Å²) in [7, 11) is -1.94. The van der Waals surface area contributed by atoms with E-state index in [1.165, 1.54) is 16.8 Å². The van der Waals surface area contributed by atoms with Crippen LogP contribution in [0.15, 0.2) is 52.2 Å². The van der Waals surface area contributed by atoms with Crippen molar-refractivity contribution in [3.05, 3.63) is 54.0 Å². The zero-order valence-electron chi connectivity index (χ0n) is 11.1. The molecule has 1 aromatic heterocycles. The van der Waals surface area contributed by atoms with Crippen LogP contribution in [0.2, 0.25) is 0 Å². The molecule has 108 valence electrons. The predicted octanol–water partition coefficient (Wildman–Crippen LogP) is 2.88. The molecule has 0 saturated carbocycles. The molecule has 0 radical (unpaired) electrons. The lowest BCUT2D eigenvalue weighted by Crippen LogP contribution is -2.26. The van der Waals surface area contributed by atoms with Crippen LogP contribution in [0.4, 0.5) is 0 Å². The number of furan rings is 1. The molecule has 0 aliphatic carbocycles. The first-order valence-electron chi connectivity index (χ1n) is 6.16. The highest BCUT2D eigenvalue weighted by atomic mass is 35.5. The molecule has 1 heterocycles. The van der Waals surface area contributed by atoms with E-state index in [4.69, 9.17) is 16.0 Å². The van der Waals surface area contributed by atoms with Gasteiger partial charge in [0.05, 0.1) is 17.4 Å². The van der Waals surface area contributed by atoms with Crippen molar-refractivity contribution in [2.45, 2.75) is 17.9 Å². The minimum atomic E-state index is -3.49. The highest BCUT2D eigenvalue weighted by Crippen LogP contribution is 2.18. The SMILES string of the molecule is CN(Cc1ccoc1)S(=O)(=O)c1ccc(CCCl)cc1. The summed E-state index contributed by atoms with van der Waals surface area (Å²) in [6.45, 7) is 0.280. The molecular weight excluding hydrogens is 298 g/mol. The van der Waals surface area contributed by atoms with Crippen LogP contribution in [0.5, 0.6) is 0 Å². The molecule has 0 aliphatic rings. The van der Waals surface area contributed by atoms with Crippen molar-refractivity contribution in [3.63, 3.8) is 0 Å². The van der Waals surface area contributed by atoms with Gasteiger partial charge in [-0.15, -0.1) is 11.6 Å². The molecule has 1 aromatic carbocycles. The first-order valence-corrected chi connectivity index (χ1v) is 8.14. The van der Waals surface area contributed by atoms with Crippen molar-refractivity contribution in [1.29, 1.82) is 0 Å². The number of alkyl halides is 1. The molecule has 0 N–H and O–H groups in total. The zero-order chi connectivity index (χ0) is 14.6. The molecule has 4 nitrogen and oxygen atoms in total. The van der Waals surface area contributed by atoms with Crippen molar-refractivity contribution < 1.29 is 12.8 Å². The van der Waals surface area contributed by atoms with E-state index in [0.29, 0.717) is 5.88 Å². The number of hydrogen-bond donors (Lipinski definition) is 0. The first kappa shape index (κ1) is 15.1. The fourth-order valence-corrected chi connectivity index (χ4v) is 3.22. The van der Waals surface area contributed by atoms with E-state index in [-0.39, 0.29) is 11.4 Å². The number of nitrogens with zero attached hydrogens (tertiary/aromatic N) is 1. The first-order chi connectivity index (χ1) is 9.54. The summed E-state index contributed by atoms with van der Waals surface area (Å²) in [4.78, 5) is 0.279. The van der Waals surface area contributed by atoms with Crippen molar-refractivity contribution in [2.75, 3.05) is 12.9 Å². The molecule has 2 rings (SSSR count). The summed E-state index contributed by atoms with van der Waals surface area (Å²) >= 11 is 5.66. The molecule has 0 aliphatic heterocycles. The number of rotatable bonds is 6. The fourth-order valence-electron chi connectivity index (χ4n) is 1.84. The Bertz CT molecular complexity index is 636. The van der Waals surface area contributed by atoms with Gasteiger partial charge in [0.1, 0.15) is 0 Å². The Hall–Kier alpha value is -1.30. The van der Waals surface area contributed by atoms with Crippen LogP contribution in [0.3, 0.4) is 0 Å². The average Bonchev–Trinajstić information content (AvgIpc) is 2.92. The van der Waals surface area contributed by atoms with E-state index in [1.807, 2.05) is 0 Å². The highest BCUT2D eigenvalue weighted by Gasteiger charge is 2.20. The maximum absolute atomic E-state index is 12.4. The Morgan fingerprint density at radius 3 is 2.40 bits per heavy atom. The van der Waals surface area contributed by atoms with Crippen LogP contribution < -0.4 is 0 Å². The van der Waals surface area contributed by atoms with Gasteiger partial charge in [-0.1, -0.05) is 12.1 Å². The molecule has 0 bridgehead atoms. The minimum Gasteiger partial charge on any atom is -0.472 e. The Kier molecular flexibility index (Phi) is 4.86. The number of hydrogen-bond acceptors (Lipinski definition) is 3. The van der Waals surface area contributed by atoms with Gasteiger partial charge in [0.25, 0.3) is 0 Å². The molecular formula is C14H16ClNO3S. The second-order valence-corrected chi connectivity index (χ2v) is 6.90. The van der Waals surface area contributed by atoms with E-state index in [2.05, 4.69) is 0 Å². The summed E-state index contributed by atoms with van der Waals surface area (Å²) in [6.07, 6.45) is 3.79. The molecule has 0 saturated heterocycles. The highest BCUT2D eigenvalue weighted by molar-refractivity contribution is 7.89. The standard InChI is InChI=1S/C14H16ClNO3S/c1-16(10-13-7-9-19-11-13)20(17,18)14-4-2-12(3-5-14)6-8-15/h2-5,7,9,11H,6,8,10H2,1H3. The largest absolute Gasteiger partial charge is 0.472 e. The summed E-state index contributed by atoms with van der Waals surface area (Å²) in [5, 5.41) is 0. The van der Waals surface area contributed by atoms with E-state index >= 15 is 0 Å². The lowest BCUT2D eigenvalue weighted by atomic mass is 10.2. The Balaban J connectivity index is 2.16. The smallest absolute Gasteiger partial charge is 0.243 e. The van der Waals surface area contributed by atoms with Crippen molar-refractivity contribution in [3.8, 4) is 0 Å². The topological polar surface area (TPSA) is 50.5 Å². The molecule has 2 aromatic rings. The Morgan fingerprint density at radius 2 is 1.85 bits per heavy atom. The number of halogens is 1. The third-order valence-electron chi connectivity index (χ3n) is 3.00. The summed E-state index contributed by atoms with van der Waals surface area (Å²) in [6, 6.07) is 8.56.